The van der Waals surface area contributed by atoms with Crippen molar-refractivity contribution < 1.29 is 13.2 Å². The second-order valence-corrected chi connectivity index (χ2v) is 10.6. The Hall–Kier alpha value is -0.560. The molecule has 1 aromatic carbocycles. The number of thioether (sulfide) groups is 1. The summed E-state index contributed by atoms with van der Waals surface area (Å²) in [6, 6.07) is 7.13. The van der Waals surface area contributed by atoms with Crippen LogP contribution in [0.15, 0.2) is 29.2 Å². The zero-order valence-electron chi connectivity index (χ0n) is 13.4. The molecule has 3 aliphatic rings. The zero-order chi connectivity index (χ0) is 16.1. The van der Waals surface area contributed by atoms with Crippen LogP contribution in [0.5, 0.6) is 0 Å². The van der Waals surface area contributed by atoms with E-state index in [2.05, 4.69) is 0 Å². The first-order valence-corrected chi connectivity index (χ1v) is 10.7. The lowest BCUT2D eigenvalue weighted by Gasteiger charge is -2.46. The summed E-state index contributed by atoms with van der Waals surface area (Å²) in [6.07, 6.45) is 3.93. The first-order chi connectivity index (χ1) is 11.0. The molecule has 2 saturated heterocycles. The zero-order valence-corrected chi connectivity index (χ0v) is 15.0. The fraction of sp³-hybridized carbons (Fsp3) is 0.647. The second kappa shape index (κ2) is 5.76. The molecule has 4 nitrogen and oxygen atoms in total. The molecule has 0 radical (unpaired) electrons. The highest BCUT2D eigenvalue weighted by molar-refractivity contribution is 8.01. The van der Waals surface area contributed by atoms with E-state index in [9.17, 15) is 8.42 Å². The minimum Gasteiger partial charge on any atom is -0.377 e. The molecule has 126 valence electrons. The Bertz CT molecular complexity index is 676. The van der Waals surface area contributed by atoms with Crippen molar-refractivity contribution in [2.24, 2.45) is 5.92 Å². The van der Waals surface area contributed by atoms with Crippen LogP contribution in [-0.2, 0) is 14.8 Å². The van der Waals surface area contributed by atoms with Crippen molar-refractivity contribution in [1.82, 2.24) is 4.31 Å². The van der Waals surface area contributed by atoms with Gasteiger partial charge in [0, 0.05) is 30.2 Å². The van der Waals surface area contributed by atoms with E-state index in [0.29, 0.717) is 24.1 Å². The largest absolute Gasteiger partial charge is 0.377 e. The molecular weight excluding hydrogens is 330 g/mol. The molecule has 1 spiro atoms. The summed E-state index contributed by atoms with van der Waals surface area (Å²) in [6.45, 7) is 4.10. The summed E-state index contributed by atoms with van der Waals surface area (Å²) < 4.78 is 33.0. The van der Waals surface area contributed by atoms with Crippen LogP contribution < -0.4 is 0 Å². The highest BCUT2D eigenvalue weighted by atomic mass is 32.2. The van der Waals surface area contributed by atoms with E-state index < -0.39 is 10.0 Å². The van der Waals surface area contributed by atoms with Gasteiger partial charge in [-0.2, -0.15) is 4.31 Å². The number of hydrogen-bond acceptors (Lipinski definition) is 4. The topological polar surface area (TPSA) is 46.6 Å². The first-order valence-electron chi connectivity index (χ1n) is 8.29. The first kappa shape index (κ1) is 15.9. The maximum atomic E-state index is 12.7. The normalized spacial score (nSPS) is 27.3. The second-order valence-electron chi connectivity index (χ2n) is 7.18. The number of aryl methyl sites for hydroxylation is 1. The van der Waals surface area contributed by atoms with Gasteiger partial charge in [0.2, 0.25) is 10.0 Å². The van der Waals surface area contributed by atoms with Crippen LogP contribution in [0.2, 0.25) is 0 Å². The van der Waals surface area contributed by atoms with Gasteiger partial charge in [-0.05, 0) is 44.2 Å². The van der Waals surface area contributed by atoms with E-state index in [1.807, 2.05) is 30.8 Å². The molecular formula is C17H23NO3S2. The number of benzene rings is 1. The minimum atomic E-state index is -3.34. The highest BCUT2D eigenvalue weighted by Crippen LogP contribution is 2.48. The van der Waals surface area contributed by atoms with Gasteiger partial charge in [0.1, 0.15) is 0 Å². The van der Waals surface area contributed by atoms with Crippen molar-refractivity contribution in [2.75, 3.05) is 25.4 Å². The quantitative estimate of drug-likeness (QED) is 0.816. The maximum absolute atomic E-state index is 12.7. The van der Waals surface area contributed by atoms with Crippen LogP contribution in [0.25, 0.3) is 0 Å². The van der Waals surface area contributed by atoms with Gasteiger partial charge in [-0.25, -0.2) is 8.42 Å². The Morgan fingerprint density at radius 2 is 1.96 bits per heavy atom. The molecule has 1 aliphatic carbocycles. The Balaban J connectivity index is 1.36. The van der Waals surface area contributed by atoms with E-state index in [-0.39, 0.29) is 4.75 Å². The number of sulfonamides is 1. The smallest absolute Gasteiger partial charge is 0.243 e. The molecule has 2 aliphatic heterocycles. The maximum Gasteiger partial charge on any atom is 0.243 e. The summed E-state index contributed by atoms with van der Waals surface area (Å²) in [4.78, 5) is 0.405. The number of rotatable bonds is 5. The Kier molecular flexibility index (Phi) is 3.99. The molecule has 3 fully saturated rings. The van der Waals surface area contributed by atoms with E-state index in [4.69, 9.17) is 4.74 Å². The number of ether oxygens (including phenoxy) is 1. The van der Waals surface area contributed by atoms with Crippen LogP contribution in [-0.4, -0.2) is 49.0 Å². The van der Waals surface area contributed by atoms with Gasteiger partial charge in [-0.15, -0.1) is 11.8 Å². The number of hydrogen-bond donors (Lipinski definition) is 0. The molecule has 4 rings (SSSR count). The standard InChI is InChI=1S/C17H23NO3S2/c1-13-2-6-16(7-3-13)23(19,20)18-11-17(12-18)8-15(10-22-17)21-9-14-4-5-14/h2-3,6-7,14-15H,4-5,8-12H2,1H3. The lowest BCUT2D eigenvalue weighted by molar-refractivity contribution is 0.0446. The Morgan fingerprint density at radius 1 is 1.26 bits per heavy atom. The highest BCUT2D eigenvalue weighted by Gasteiger charge is 2.53. The molecule has 0 amide bonds. The van der Waals surface area contributed by atoms with Gasteiger partial charge in [0.25, 0.3) is 0 Å². The van der Waals surface area contributed by atoms with Gasteiger partial charge in [0.15, 0.2) is 0 Å². The van der Waals surface area contributed by atoms with Crippen molar-refractivity contribution >= 4 is 21.8 Å². The monoisotopic (exact) mass is 353 g/mol. The Morgan fingerprint density at radius 3 is 2.61 bits per heavy atom. The van der Waals surface area contributed by atoms with Crippen LogP contribution in [0.4, 0.5) is 0 Å². The van der Waals surface area contributed by atoms with Crippen molar-refractivity contribution in [3.63, 3.8) is 0 Å². The molecule has 0 bridgehead atoms. The molecule has 1 saturated carbocycles. The minimum absolute atomic E-state index is 0.0893. The SMILES string of the molecule is Cc1ccc(S(=O)(=O)N2CC3(CC(OCC4CC4)CS3)C2)cc1. The molecule has 2 heterocycles. The van der Waals surface area contributed by atoms with Crippen molar-refractivity contribution in [1.29, 1.82) is 0 Å². The average molecular weight is 354 g/mol. The molecule has 0 aromatic heterocycles. The predicted molar refractivity (Wildman–Crippen MR) is 92.2 cm³/mol. The molecule has 0 N–H and O–H groups in total. The molecule has 6 heteroatoms. The third-order valence-electron chi connectivity index (χ3n) is 5.03. The van der Waals surface area contributed by atoms with Crippen LogP contribution in [0, 0.1) is 12.8 Å². The average Bonchev–Trinajstić information content (AvgIpc) is 3.21. The van der Waals surface area contributed by atoms with Crippen LogP contribution in [0.1, 0.15) is 24.8 Å². The molecule has 1 atom stereocenters. The summed E-state index contributed by atoms with van der Waals surface area (Å²) in [5.74, 6) is 1.79. The summed E-state index contributed by atoms with van der Waals surface area (Å²) in [5, 5.41) is 0. The molecule has 1 aromatic rings. The fourth-order valence-electron chi connectivity index (χ4n) is 3.31. The third kappa shape index (κ3) is 3.18. The summed E-state index contributed by atoms with van der Waals surface area (Å²) in [5.41, 5.74) is 1.08. The lowest BCUT2D eigenvalue weighted by atomic mass is 9.95. The molecule has 23 heavy (non-hydrogen) atoms. The molecule has 1 unspecified atom stereocenters. The van der Waals surface area contributed by atoms with Gasteiger partial charge < -0.3 is 4.74 Å². The lowest BCUT2D eigenvalue weighted by Crippen LogP contribution is -2.60. The van der Waals surface area contributed by atoms with Gasteiger partial charge in [0.05, 0.1) is 11.0 Å². The van der Waals surface area contributed by atoms with Crippen LogP contribution >= 0.6 is 11.8 Å². The third-order valence-corrected chi connectivity index (χ3v) is 8.41. The van der Waals surface area contributed by atoms with E-state index in [1.54, 1.807) is 16.4 Å². The van der Waals surface area contributed by atoms with Crippen LogP contribution in [0.3, 0.4) is 0 Å². The predicted octanol–water partition coefficient (Wildman–Crippen LogP) is 2.67. The van der Waals surface area contributed by atoms with Crippen molar-refractivity contribution in [3.05, 3.63) is 29.8 Å². The number of nitrogens with zero attached hydrogens (tertiary/aromatic N) is 1. The summed E-state index contributed by atoms with van der Waals surface area (Å²) in [7, 11) is -3.34. The Labute approximate surface area is 142 Å². The van der Waals surface area contributed by atoms with Gasteiger partial charge in [-0.1, -0.05) is 17.7 Å². The fourth-order valence-corrected chi connectivity index (χ4v) is 6.64. The van der Waals surface area contributed by atoms with E-state index in [1.165, 1.54) is 12.8 Å². The summed E-state index contributed by atoms with van der Waals surface area (Å²) >= 11 is 1.90. The van der Waals surface area contributed by atoms with Crippen molar-refractivity contribution in [2.45, 2.75) is 41.9 Å². The van der Waals surface area contributed by atoms with E-state index in [0.717, 1.165) is 30.3 Å². The van der Waals surface area contributed by atoms with Gasteiger partial charge in [-0.3, -0.25) is 0 Å². The van der Waals surface area contributed by atoms with Gasteiger partial charge >= 0.3 is 0 Å². The van der Waals surface area contributed by atoms with E-state index >= 15 is 0 Å². The van der Waals surface area contributed by atoms with Crippen molar-refractivity contribution in [3.8, 4) is 0 Å².